The molecule has 1 aliphatic rings. The standard InChI is InChI=1S/C9H7Br2Cl/c10-6-3-4-8(12)9-5(6)1-2-7(9)11/h3-4,7H,1-2H2. The summed E-state index contributed by atoms with van der Waals surface area (Å²) in [6.45, 7) is 0. The normalized spacial score (nSPS) is 21.1. The summed E-state index contributed by atoms with van der Waals surface area (Å²) in [4.78, 5) is 0.442. The predicted molar refractivity (Wildman–Crippen MR) is 59.1 cm³/mol. The topological polar surface area (TPSA) is 0 Å². The molecule has 3 heteroatoms. The zero-order valence-electron chi connectivity index (χ0n) is 6.28. The minimum atomic E-state index is 0.442. The third-order valence-corrected chi connectivity index (χ3v) is 4.20. The zero-order chi connectivity index (χ0) is 8.72. The first-order valence-corrected chi connectivity index (χ1v) is 5.89. The molecule has 0 amide bonds. The van der Waals surface area contributed by atoms with Crippen molar-refractivity contribution in [3.8, 4) is 0 Å². The van der Waals surface area contributed by atoms with E-state index in [0.29, 0.717) is 4.83 Å². The van der Waals surface area contributed by atoms with Gasteiger partial charge in [-0.25, -0.2) is 0 Å². The lowest BCUT2D eigenvalue weighted by Crippen LogP contribution is -1.86. The molecule has 0 N–H and O–H groups in total. The maximum atomic E-state index is 6.09. The second-order valence-corrected chi connectivity index (χ2v) is 5.29. The van der Waals surface area contributed by atoms with E-state index in [1.807, 2.05) is 12.1 Å². The summed E-state index contributed by atoms with van der Waals surface area (Å²) in [6, 6.07) is 3.97. The minimum absolute atomic E-state index is 0.442. The lowest BCUT2D eigenvalue weighted by molar-refractivity contribution is 0.902. The van der Waals surface area contributed by atoms with Crippen molar-refractivity contribution < 1.29 is 0 Å². The fourth-order valence-corrected chi connectivity index (χ4v) is 3.35. The SMILES string of the molecule is Clc1ccc(Br)c2c1C(Br)CC2. The van der Waals surface area contributed by atoms with Crippen LogP contribution in [0.15, 0.2) is 16.6 Å². The Morgan fingerprint density at radius 3 is 2.83 bits per heavy atom. The quantitative estimate of drug-likeness (QED) is 0.620. The summed E-state index contributed by atoms with van der Waals surface area (Å²) < 4.78 is 1.18. The fourth-order valence-electron chi connectivity index (χ4n) is 1.62. The highest BCUT2D eigenvalue weighted by molar-refractivity contribution is 9.10. The largest absolute Gasteiger partial charge is 0.0840 e. The van der Waals surface area contributed by atoms with Crippen molar-refractivity contribution >= 4 is 43.5 Å². The van der Waals surface area contributed by atoms with E-state index in [1.165, 1.54) is 15.6 Å². The van der Waals surface area contributed by atoms with Crippen LogP contribution in [0.4, 0.5) is 0 Å². The Kier molecular flexibility index (Phi) is 2.50. The van der Waals surface area contributed by atoms with Crippen molar-refractivity contribution in [3.05, 3.63) is 32.8 Å². The van der Waals surface area contributed by atoms with Crippen molar-refractivity contribution in [3.63, 3.8) is 0 Å². The lowest BCUT2D eigenvalue weighted by atomic mass is 10.1. The van der Waals surface area contributed by atoms with E-state index >= 15 is 0 Å². The molecule has 1 aromatic rings. The van der Waals surface area contributed by atoms with Crippen molar-refractivity contribution in [1.29, 1.82) is 0 Å². The average molecular weight is 310 g/mol. The van der Waals surface area contributed by atoms with Crippen molar-refractivity contribution in [2.24, 2.45) is 0 Å². The van der Waals surface area contributed by atoms with Crippen molar-refractivity contribution in [2.45, 2.75) is 17.7 Å². The molecule has 1 atom stereocenters. The summed E-state index contributed by atoms with van der Waals surface area (Å²) >= 11 is 13.2. The van der Waals surface area contributed by atoms with E-state index in [-0.39, 0.29) is 0 Å². The van der Waals surface area contributed by atoms with E-state index in [4.69, 9.17) is 11.6 Å². The summed E-state index contributed by atoms with van der Waals surface area (Å²) in [5, 5.41) is 0.882. The van der Waals surface area contributed by atoms with Crippen LogP contribution < -0.4 is 0 Å². The van der Waals surface area contributed by atoms with Crippen LogP contribution in [0, 0.1) is 0 Å². The van der Waals surface area contributed by atoms with E-state index in [9.17, 15) is 0 Å². The van der Waals surface area contributed by atoms with E-state index in [1.54, 1.807) is 0 Å². The Balaban J connectivity index is 2.64. The number of benzene rings is 1. The Morgan fingerprint density at radius 2 is 2.17 bits per heavy atom. The molecular formula is C9H7Br2Cl. The molecule has 0 saturated carbocycles. The van der Waals surface area contributed by atoms with E-state index in [2.05, 4.69) is 31.9 Å². The highest BCUT2D eigenvalue weighted by Gasteiger charge is 2.24. The van der Waals surface area contributed by atoms with Gasteiger partial charge in [-0.05, 0) is 36.1 Å². The molecule has 12 heavy (non-hydrogen) atoms. The van der Waals surface area contributed by atoms with E-state index in [0.717, 1.165) is 17.9 Å². The zero-order valence-corrected chi connectivity index (χ0v) is 10.2. The van der Waals surface area contributed by atoms with Crippen molar-refractivity contribution in [1.82, 2.24) is 0 Å². The summed E-state index contributed by atoms with van der Waals surface area (Å²) in [6.07, 6.45) is 2.27. The Bertz CT molecular complexity index is 323. The molecular weight excluding hydrogens is 303 g/mol. The van der Waals surface area contributed by atoms with Gasteiger partial charge < -0.3 is 0 Å². The molecule has 1 unspecified atom stereocenters. The third-order valence-electron chi connectivity index (χ3n) is 2.21. The summed E-state index contributed by atoms with van der Waals surface area (Å²) in [7, 11) is 0. The van der Waals surface area contributed by atoms with E-state index < -0.39 is 0 Å². The van der Waals surface area contributed by atoms with Gasteiger partial charge in [0.05, 0.1) is 0 Å². The van der Waals surface area contributed by atoms with Gasteiger partial charge in [-0.15, -0.1) is 0 Å². The smallest absolute Gasteiger partial charge is 0.0452 e. The predicted octanol–water partition coefficient (Wildman–Crippen LogP) is 4.48. The first kappa shape index (κ1) is 9.04. The Hall–Kier alpha value is 0.470. The van der Waals surface area contributed by atoms with Crippen LogP contribution in [-0.4, -0.2) is 0 Å². The summed E-state index contributed by atoms with van der Waals surface area (Å²) in [5.41, 5.74) is 2.63. The van der Waals surface area contributed by atoms with Crippen LogP contribution in [0.3, 0.4) is 0 Å². The van der Waals surface area contributed by atoms with Crippen molar-refractivity contribution in [2.75, 3.05) is 0 Å². The van der Waals surface area contributed by atoms with Gasteiger partial charge in [-0.1, -0.05) is 43.5 Å². The highest BCUT2D eigenvalue weighted by atomic mass is 79.9. The molecule has 0 saturated heterocycles. The first-order valence-electron chi connectivity index (χ1n) is 3.81. The molecule has 2 rings (SSSR count). The van der Waals surface area contributed by atoms with Gasteiger partial charge in [0.25, 0.3) is 0 Å². The Morgan fingerprint density at radius 1 is 1.42 bits per heavy atom. The average Bonchev–Trinajstić information content (AvgIpc) is 2.42. The van der Waals surface area contributed by atoms with Gasteiger partial charge in [0, 0.05) is 14.3 Å². The molecule has 0 bridgehead atoms. The van der Waals surface area contributed by atoms with Crippen LogP contribution in [0.2, 0.25) is 5.02 Å². The number of hydrogen-bond acceptors (Lipinski definition) is 0. The molecule has 0 fully saturated rings. The number of hydrogen-bond donors (Lipinski definition) is 0. The number of fused-ring (bicyclic) bond motifs is 1. The maximum absolute atomic E-state index is 6.09. The van der Waals surface area contributed by atoms with Gasteiger partial charge in [0.2, 0.25) is 0 Å². The lowest BCUT2D eigenvalue weighted by Gasteiger charge is -2.06. The van der Waals surface area contributed by atoms with Crippen LogP contribution in [-0.2, 0) is 6.42 Å². The van der Waals surface area contributed by atoms with Gasteiger partial charge in [0.15, 0.2) is 0 Å². The van der Waals surface area contributed by atoms with Gasteiger partial charge in [-0.3, -0.25) is 0 Å². The first-order chi connectivity index (χ1) is 5.70. The van der Waals surface area contributed by atoms with Crippen LogP contribution in [0.1, 0.15) is 22.4 Å². The molecule has 0 nitrogen and oxygen atoms in total. The van der Waals surface area contributed by atoms with Gasteiger partial charge in [-0.2, -0.15) is 0 Å². The molecule has 0 spiro atoms. The highest BCUT2D eigenvalue weighted by Crippen LogP contribution is 2.44. The number of alkyl halides is 1. The molecule has 0 aliphatic heterocycles. The molecule has 64 valence electrons. The Labute approximate surface area is 93.6 Å². The second kappa shape index (κ2) is 3.32. The molecule has 0 aromatic heterocycles. The van der Waals surface area contributed by atoms with Crippen LogP contribution in [0.25, 0.3) is 0 Å². The minimum Gasteiger partial charge on any atom is -0.0840 e. The second-order valence-electron chi connectivity index (χ2n) is 2.93. The maximum Gasteiger partial charge on any atom is 0.0452 e. The third kappa shape index (κ3) is 1.34. The number of rotatable bonds is 0. The van der Waals surface area contributed by atoms with Crippen LogP contribution >= 0.6 is 43.5 Å². The molecule has 0 radical (unpaired) electrons. The van der Waals surface area contributed by atoms with Gasteiger partial charge in [0.1, 0.15) is 0 Å². The summed E-state index contributed by atoms with van der Waals surface area (Å²) in [5.74, 6) is 0. The van der Waals surface area contributed by atoms with Gasteiger partial charge >= 0.3 is 0 Å². The number of halogens is 3. The molecule has 1 aliphatic carbocycles. The molecule has 0 heterocycles. The fraction of sp³-hybridized carbons (Fsp3) is 0.333. The van der Waals surface area contributed by atoms with Crippen LogP contribution in [0.5, 0.6) is 0 Å². The monoisotopic (exact) mass is 308 g/mol. The molecule has 1 aromatic carbocycles.